The molecule has 7 nitrogen and oxygen atoms in total. The number of benzene rings is 1. The van der Waals surface area contributed by atoms with Crippen molar-refractivity contribution in [3.05, 3.63) is 65.4 Å². The van der Waals surface area contributed by atoms with Gasteiger partial charge in [-0.15, -0.1) is 10.2 Å². The molecule has 0 bridgehead atoms. The Labute approximate surface area is 163 Å². The van der Waals surface area contributed by atoms with Crippen LogP contribution < -0.4 is 5.32 Å². The summed E-state index contributed by atoms with van der Waals surface area (Å²) in [7, 11) is 0. The lowest BCUT2D eigenvalue weighted by atomic mass is 10.2. The van der Waals surface area contributed by atoms with Crippen molar-refractivity contribution < 1.29 is 9.21 Å². The van der Waals surface area contributed by atoms with Gasteiger partial charge in [0.15, 0.2) is 11.4 Å². The first-order valence-electron chi connectivity index (χ1n) is 8.10. The van der Waals surface area contributed by atoms with Crippen LogP contribution in [0.15, 0.2) is 64.4 Å². The van der Waals surface area contributed by atoms with Crippen molar-refractivity contribution in [1.82, 2.24) is 25.1 Å². The number of carbonyl (C=O) groups is 1. The van der Waals surface area contributed by atoms with Crippen molar-refractivity contribution in [2.24, 2.45) is 0 Å². The number of nitrogens with one attached hydrogen (secondary N) is 1. The maximum absolute atomic E-state index is 12.1. The summed E-state index contributed by atoms with van der Waals surface area (Å²) in [6.07, 6.45) is 1.59. The van der Waals surface area contributed by atoms with Gasteiger partial charge in [-0.3, -0.25) is 4.79 Å². The summed E-state index contributed by atoms with van der Waals surface area (Å²) in [4.78, 5) is 12.1. The molecule has 0 saturated carbocycles. The van der Waals surface area contributed by atoms with E-state index in [-0.39, 0.29) is 11.7 Å². The molecule has 1 aromatic carbocycles. The predicted molar refractivity (Wildman–Crippen MR) is 103 cm³/mol. The van der Waals surface area contributed by atoms with Crippen molar-refractivity contribution in [2.75, 3.05) is 5.75 Å². The second-order valence-corrected chi connectivity index (χ2v) is 6.95. The number of rotatable bonds is 6. The number of furan rings is 1. The Balaban J connectivity index is 1.42. The fourth-order valence-electron chi connectivity index (χ4n) is 2.43. The van der Waals surface area contributed by atoms with E-state index in [9.17, 15) is 4.79 Å². The molecular formula is C18H14ClN5O2S. The zero-order valence-corrected chi connectivity index (χ0v) is 15.6. The molecule has 0 aliphatic rings. The van der Waals surface area contributed by atoms with Crippen molar-refractivity contribution >= 4 is 34.9 Å². The van der Waals surface area contributed by atoms with E-state index < -0.39 is 0 Å². The van der Waals surface area contributed by atoms with Crippen LogP contribution in [0.25, 0.3) is 17.1 Å². The van der Waals surface area contributed by atoms with Gasteiger partial charge in [0.2, 0.25) is 11.1 Å². The zero-order valence-electron chi connectivity index (χ0n) is 14.0. The molecule has 3 heterocycles. The highest BCUT2D eigenvalue weighted by Gasteiger charge is 2.12. The van der Waals surface area contributed by atoms with Crippen LogP contribution in [0.3, 0.4) is 0 Å². The third-order valence-electron chi connectivity index (χ3n) is 3.77. The van der Waals surface area contributed by atoms with Crippen LogP contribution in [0.4, 0.5) is 0 Å². The van der Waals surface area contributed by atoms with Gasteiger partial charge < -0.3 is 9.73 Å². The van der Waals surface area contributed by atoms with Crippen LogP contribution in [0.2, 0.25) is 5.02 Å². The first-order valence-corrected chi connectivity index (χ1v) is 9.46. The molecule has 4 aromatic rings. The maximum atomic E-state index is 12.1. The Morgan fingerprint density at radius 1 is 1.15 bits per heavy atom. The molecule has 0 radical (unpaired) electrons. The molecule has 0 atom stereocenters. The number of hydrogen-bond acceptors (Lipinski definition) is 6. The fraction of sp³-hybridized carbons (Fsp3) is 0.111. The van der Waals surface area contributed by atoms with Gasteiger partial charge in [0.1, 0.15) is 5.69 Å². The number of hydrogen-bond donors (Lipinski definition) is 1. The van der Waals surface area contributed by atoms with Crippen molar-refractivity contribution in [3.63, 3.8) is 0 Å². The minimum atomic E-state index is -0.126. The number of halogens is 1. The minimum absolute atomic E-state index is 0.126. The summed E-state index contributed by atoms with van der Waals surface area (Å²) in [5.41, 5.74) is 2.14. The fourth-order valence-corrected chi connectivity index (χ4v) is 3.35. The summed E-state index contributed by atoms with van der Waals surface area (Å²) < 4.78 is 6.97. The summed E-state index contributed by atoms with van der Waals surface area (Å²) in [6.45, 7) is 0.376. The van der Waals surface area contributed by atoms with E-state index in [0.717, 1.165) is 5.56 Å². The van der Waals surface area contributed by atoms with Gasteiger partial charge in [0, 0.05) is 11.6 Å². The lowest BCUT2D eigenvalue weighted by Crippen LogP contribution is -2.24. The third-order valence-corrected chi connectivity index (χ3v) is 5.06. The highest BCUT2D eigenvalue weighted by molar-refractivity contribution is 7.99. The Morgan fingerprint density at radius 3 is 2.85 bits per heavy atom. The Bertz CT molecular complexity index is 1080. The van der Waals surface area contributed by atoms with Crippen LogP contribution in [-0.2, 0) is 11.3 Å². The molecule has 1 amide bonds. The molecule has 0 fully saturated rings. The number of fused-ring (bicyclic) bond motifs is 1. The summed E-state index contributed by atoms with van der Waals surface area (Å²) in [5.74, 6) is 0.718. The van der Waals surface area contributed by atoms with Crippen LogP contribution in [0, 0.1) is 0 Å². The summed E-state index contributed by atoms with van der Waals surface area (Å²) >= 11 is 7.36. The molecule has 0 aliphatic carbocycles. The molecule has 0 spiro atoms. The molecule has 136 valence electrons. The second-order valence-electron chi connectivity index (χ2n) is 5.61. The zero-order chi connectivity index (χ0) is 18.6. The normalized spacial score (nSPS) is 11.0. The number of aromatic nitrogens is 4. The molecule has 1 N–H and O–H groups in total. The molecule has 0 saturated heterocycles. The second kappa shape index (κ2) is 7.81. The van der Waals surface area contributed by atoms with Gasteiger partial charge in [-0.1, -0.05) is 41.6 Å². The Kier molecular flexibility index (Phi) is 5.08. The number of carbonyl (C=O) groups excluding carboxylic acids is 1. The van der Waals surface area contributed by atoms with E-state index in [2.05, 4.69) is 20.6 Å². The van der Waals surface area contributed by atoms with E-state index in [0.29, 0.717) is 33.8 Å². The van der Waals surface area contributed by atoms with E-state index in [1.165, 1.54) is 11.8 Å². The molecular weight excluding hydrogens is 386 g/mol. The van der Waals surface area contributed by atoms with Gasteiger partial charge in [-0.2, -0.15) is 9.61 Å². The number of nitrogens with zero attached hydrogens (tertiary/aromatic N) is 4. The van der Waals surface area contributed by atoms with Crippen LogP contribution in [0.5, 0.6) is 0 Å². The average molecular weight is 400 g/mol. The van der Waals surface area contributed by atoms with Gasteiger partial charge in [0.25, 0.3) is 0 Å². The topological polar surface area (TPSA) is 85.3 Å². The van der Waals surface area contributed by atoms with Crippen LogP contribution in [0.1, 0.15) is 5.56 Å². The van der Waals surface area contributed by atoms with Crippen molar-refractivity contribution in [2.45, 2.75) is 11.7 Å². The Morgan fingerprint density at radius 2 is 2.04 bits per heavy atom. The smallest absolute Gasteiger partial charge is 0.230 e. The van der Waals surface area contributed by atoms with E-state index >= 15 is 0 Å². The highest BCUT2D eigenvalue weighted by atomic mass is 35.5. The first kappa shape index (κ1) is 17.6. The van der Waals surface area contributed by atoms with Gasteiger partial charge in [-0.25, -0.2) is 0 Å². The molecule has 0 unspecified atom stereocenters. The molecule has 9 heteroatoms. The summed E-state index contributed by atoms with van der Waals surface area (Å²) in [5, 5.41) is 16.7. The quantitative estimate of drug-likeness (QED) is 0.500. The largest absolute Gasteiger partial charge is 0.463 e. The SMILES string of the molecule is O=C(CSc1nnc2ccc(-c3ccco3)nn12)NCc1ccccc1Cl. The first-order chi connectivity index (χ1) is 13.2. The van der Waals surface area contributed by atoms with Crippen molar-refractivity contribution in [1.29, 1.82) is 0 Å². The van der Waals surface area contributed by atoms with E-state index in [1.54, 1.807) is 29.0 Å². The molecule has 27 heavy (non-hydrogen) atoms. The Hall–Kier alpha value is -2.84. The van der Waals surface area contributed by atoms with Gasteiger partial charge in [-0.05, 0) is 35.9 Å². The minimum Gasteiger partial charge on any atom is -0.463 e. The van der Waals surface area contributed by atoms with Gasteiger partial charge >= 0.3 is 0 Å². The lowest BCUT2D eigenvalue weighted by molar-refractivity contribution is -0.118. The lowest BCUT2D eigenvalue weighted by Gasteiger charge is -2.06. The molecule has 0 aliphatic heterocycles. The predicted octanol–water partition coefficient (Wildman–Crippen LogP) is 3.45. The highest BCUT2D eigenvalue weighted by Crippen LogP contribution is 2.21. The standard InChI is InChI=1S/C18H14ClN5O2S/c19-13-5-2-1-4-12(13)10-20-17(25)11-27-18-22-21-16-8-7-14(23-24(16)18)15-6-3-9-26-15/h1-9H,10-11H2,(H,20,25). The van der Waals surface area contributed by atoms with Crippen molar-refractivity contribution in [3.8, 4) is 11.5 Å². The number of amides is 1. The van der Waals surface area contributed by atoms with E-state index in [1.807, 2.05) is 30.3 Å². The van der Waals surface area contributed by atoms with Gasteiger partial charge in [0.05, 0.1) is 12.0 Å². The average Bonchev–Trinajstić information content (AvgIpc) is 3.35. The van der Waals surface area contributed by atoms with Crippen LogP contribution in [-0.4, -0.2) is 31.5 Å². The van der Waals surface area contributed by atoms with E-state index in [4.69, 9.17) is 16.0 Å². The molecule has 3 aromatic heterocycles. The maximum Gasteiger partial charge on any atom is 0.230 e. The third kappa shape index (κ3) is 3.96. The van der Waals surface area contributed by atoms with Crippen LogP contribution >= 0.6 is 23.4 Å². The molecule has 4 rings (SSSR count). The number of thioether (sulfide) groups is 1. The monoisotopic (exact) mass is 399 g/mol. The summed E-state index contributed by atoms with van der Waals surface area (Å²) in [6, 6.07) is 14.6.